The molecule has 0 radical (unpaired) electrons. The molecule has 0 amide bonds. The van der Waals surface area contributed by atoms with Gasteiger partial charge in [-0.1, -0.05) is 6.07 Å². The number of hydrogen-bond acceptors (Lipinski definition) is 4. The van der Waals surface area contributed by atoms with Crippen LogP contribution < -0.4 is 4.74 Å². The van der Waals surface area contributed by atoms with Crippen molar-refractivity contribution in [2.45, 2.75) is 26.6 Å². The third-order valence-electron chi connectivity index (χ3n) is 4.59. The molecule has 1 aromatic heterocycles. The molecular weight excluding hydrogens is 307 g/mol. The zero-order valence-electron chi connectivity index (χ0n) is 14.4. The minimum absolute atomic E-state index is 0.292. The molecule has 24 heavy (non-hydrogen) atoms. The van der Waals surface area contributed by atoms with E-state index in [0.29, 0.717) is 5.75 Å². The third kappa shape index (κ3) is 3.94. The van der Waals surface area contributed by atoms with Gasteiger partial charge in [-0.3, -0.25) is 9.80 Å². The summed E-state index contributed by atoms with van der Waals surface area (Å²) in [7, 11) is 1.49. The van der Waals surface area contributed by atoms with Crippen LogP contribution in [0.25, 0.3) is 0 Å². The van der Waals surface area contributed by atoms with Gasteiger partial charge in [0, 0.05) is 51.7 Å². The summed E-state index contributed by atoms with van der Waals surface area (Å²) in [5, 5.41) is 0. The highest BCUT2D eigenvalue weighted by atomic mass is 19.1. The average molecular weight is 332 g/mol. The Balaban J connectivity index is 1.51. The van der Waals surface area contributed by atoms with Gasteiger partial charge < -0.3 is 9.30 Å². The highest BCUT2D eigenvalue weighted by molar-refractivity contribution is 5.29. The smallest absolute Gasteiger partial charge is 0.165 e. The first-order chi connectivity index (χ1) is 11.7. The maximum absolute atomic E-state index is 13.8. The molecule has 1 aromatic carbocycles. The number of aryl methyl sites for hydroxylation is 1. The molecule has 6 heteroatoms. The molecule has 1 aliphatic heterocycles. The van der Waals surface area contributed by atoms with Crippen LogP contribution in [0.3, 0.4) is 0 Å². The molecule has 1 fully saturated rings. The van der Waals surface area contributed by atoms with E-state index < -0.39 is 0 Å². The van der Waals surface area contributed by atoms with Crippen LogP contribution in [-0.2, 0) is 19.6 Å². The van der Waals surface area contributed by atoms with Crippen LogP contribution in [0, 0.1) is 5.82 Å². The Morgan fingerprint density at radius 2 is 1.83 bits per heavy atom. The van der Waals surface area contributed by atoms with Gasteiger partial charge in [0.05, 0.1) is 13.7 Å². The van der Waals surface area contributed by atoms with Crippen molar-refractivity contribution in [2.75, 3.05) is 33.3 Å². The average Bonchev–Trinajstić information content (AvgIpc) is 3.04. The van der Waals surface area contributed by atoms with Crippen molar-refractivity contribution in [2.24, 2.45) is 0 Å². The molecule has 3 rings (SSSR count). The van der Waals surface area contributed by atoms with Crippen molar-refractivity contribution in [3.05, 3.63) is 47.8 Å². The van der Waals surface area contributed by atoms with E-state index in [9.17, 15) is 4.39 Å². The van der Waals surface area contributed by atoms with Gasteiger partial charge in [-0.25, -0.2) is 9.37 Å². The van der Waals surface area contributed by atoms with Gasteiger partial charge in [0.15, 0.2) is 11.6 Å². The van der Waals surface area contributed by atoms with Crippen molar-refractivity contribution in [1.29, 1.82) is 0 Å². The van der Waals surface area contributed by atoms with E-state index in [1.54, 1.807) is 12.1 Å². The van der Waals surface area contributed by atoms with Crippen molar-refractivity contribution in [1.82, 2.24) is 19.4 Å². The summed E-state index contributed by atoms with van der Waals surface area (Å²) in [6, 6.07) is 5.21. The van der Waals surface area contributed by atoms with Gasteiger partial charge in [0.1, 0.15) is 5.82 Å². The number of rotatable bonds is 6. The van der Waals surface area contributed by atoms with E-state index in [2.05, 4.69) is 26.3 Å². The number of ether oxygens (including phenoxy) is 1. The first kappa shape index (κ1) is 16.9. The molecule has 1 saturated heterocycles. The lowest BCUT2D eigenvalue weighted by Crippen LogP contribution is -2.45. The lowest BCUT2D eigenvalue weighted by Gasteiger charge is -2.34. The van der Waals surface area contributed by atoms with E-state index in [-0.39, 0.29) is 5.82 Å². The van der Waals surface area contributed by atoms with Gasteiger partial charge in [0.2, 0.25) is 0 Å². The monoisotopic (exact) mass is 332 g/mol. The highest BCUT2D eigenvalue weighted by Crippen LogP contribution is 2.19. The zero-order chi connectivity index (χ0) is 16.9. The summed E-state index contributed by atoms with van der Waals surface area (Å²) in [6.07, 6.45) is 3.90. The topological polar surface area (TPSA) is 33.5 Å². The minimum atomic E-state index is -0.292. The molecule has 5 nitrogen and oxygen atoms in total. The second-order valence-electron chi connectivity index (χ2n) is 6.15. The Morgan fingerprint density at radius 1 is 1.12 bits per heavy atom. The fourth-order valence-corrected chi connectivity index (χ4v) is 3.15. The Morgan fingerprint density at radius 3 is 2.46 bits per heavy atom. The summed E-state index contributed by atoms with van der Waals surface area (Å²) < 4.78 is 20.9. The normalized spacial score (nSPS) is 16.5. The van der Waals surface area contributed by atoms with Crippen molar-refractivity contribution in [3.63, 3.8) is 0 Å². The van der Waals surface area contributed by atoms with Crippen molar-refractivity contribution in [3.8, 4) is 5.75 Å². The second kappa shape index (κ2) is 7.77. The van der Waals surface area contributed by atoms with Crippen molar-refractivity contribution < 1.29 is 9.13 Å². The minimum Gasteiger partial charge on any atom is -0.494 e. The van der Waals surface area contributed by atoms with E-state index >= 15 is 0 Å². The van der Waals surface area contributed by atoms with Crippen LogP contribution in [0.4, 0.5) is 4.39 Å². The van der Waals surface area contributed by atoms with Gasteiger partial charge in [-0.05, 0) is 24.6 Å². The fraction of sp³-hybridized carbons (Fsp3) is 0.500. The van der Waals surface area contributed by atoms with E-state index in [1.165, 1.54) is 7.11 Å². The molecular formula is C18H25FN4O. The number of nitrogens with zero attached hydrogens (tertiary/aromatic N) is 4. The standard InChI is InChI=1S/C18H25FN4O/c1-3-23-7-6-20-18(23)14-22-10-8-21(9-11-22)13-15-4-5-17(24-2)16(19)12-15/h4-7,12H,3,8-11,13-14H2,1-2H3. The van der Waals surface area contributed by atoms with Crippen LogP contribution in [0.5, 0.6) is 5.75 Å². The number of piperazine rings is 1. The summed E-state index contributed by atoms with van der Waals surface area (Å²) in [4.78, 5) is 9.24. The Kier molecular flexibility index (Phi) is 5.48. The molecule has 0 N–H and O–H groups in total. The Labute approximate surface area is 142 Å². The molecule has 2 heterocycles. The lowest BCUT2D eigenvalue weighted by molar-refractivity contribution is 0.119. The molecule has 130 valence electrons. The Bertz CT molecular complexity index is 665. The molecule has 0 atom stereocenters. The second-order valence-corrected chi connectivity index (χ2v) is 6.15. The van der Waals surface area contributed by atoms with E-state index in [1.807, 2.05) is 18.5 Å². The number of hydrogen-bond donors (Lipinski definition) is 0. The molecule has 0 bridgehead atoms. The maximum Gasteiger partial charge on any atom is 0.165 e. The summed E-state index contributed by atoms with van der Waals surface area (Å²) in [5.74, 6) is 1.14. The summed E-state index contributed by atoms with van der Waals surface area (Å²) in [5.41, 5.74) is 0.989. The number of aromatic nitrogens is 2. The predicted molar refractivity (Wildman–Crippen MR) is 91.4 cm³/mol. The van der Waals surface area contributed by atoms with Crippen LogP contribution >= 0.6 is 0 Å². The first-order valence-corrected chi connectivity index (χ1v) is 8.46. The van der Waals surface area contributed by atoms with Gasteiger partial charge >= 0.3 is 0 Å². The number of methoxy groups -OCH3 is 1. The SMILES string of the molecule is CCn1ccnc1CN1CCN(Cc2ccc(OC)c(F)c2)CC1. The van der Waals surface area contributed by atoms with Crippen molar-refractivity contribution >= 4 is 0 Å². The predicted octanol–water partition coefficient (Wildman–Crippen LogP) is 2.37. The van der Waals surface area contributed by atoms with Gasteiger partial charge in [-0.15, -0.1) is 0 Å². The van der Waals surface area contributed by atoms with E-state index in [0.717, 1.165) is 57.2 Å². The molecule has 2 aromatic rings. The number of imidazole rings is 1. The van der Waals surface area contributed by atoms with Crippen LogP contribution in [0.15, 0.2) is 30.6 Å². The number of benzene rings is 1. The molecule has 0 unspecified atom stereocenters. The van der Waals surface area contributed by atoms with E-state index in [4.69, 9.17) is 4.74 Å². The maximum atomic E-state index is 13.8. The lowest BCUT2D eigenvalue weighted by atomic mass is 10.2. The fourth-order valence-electron chi connectivity index (χ4n) is 3.15. The van der Waals surface area contributed by atoms with Crippen LogP contribution in [0.1, 0.15) is 18.3 Å². The molecule has 1 aliphatic rings. The molecule has 0 spiro atoms. The van der Waals surface area contributed by atoms with Gasteiger partial charge in [0.25, 0.3) is 0 Å². The van der Waals surface area contributed by atoms with Gasteiger partial charge in [-0.2, -0.15) is 0 Å². The summed E-state index contributed by atoms with van der Waals surface area (Å²) in [6.45, 7) is 8.75. The zero-order valence-corrected chi connectivity index (χ0v) is 14.4. The third-order valence-corrected chi connectivity index (χ3v) is 4.59. The Hall–Kier alpha value is -1.92. The largest absolute Gasteiger partial charge is 0.494 e. The van der Waals surface area contributed by atoms with Crippen LogP contribution in [-0.4, -0.2) is 52.6 Å². The highest BCUT2D eigenvalue weighted by Gasteiger charge is 2.19. The quantitative estimate of drug-likeness (QED) is 0.813. The molecule has 0 saturated carbocycles. The molecule has 0 aliphatic carbocycles. The first-order valence-electron chi connectivity index (χ1n) is 8.46. The summed E-state index contributed by atoms with van der Waals surface area (Å²) >= 11 is 0. The van der Waals surface area contributed by atoms with Crippen LogP contribution in [0.2, 0.25) is 0 Å². The number of halogens is 1.